The van der Waals surface area contributed by atoms with E-state index in [-0.39, 0.29) is 0 Å². The smallest absolute Gasteiger partial charge is 0.194 e. The molecule has 1 saturated heterocycles. The van der Waals surface area contributed by atoms with Crippen LogP contribution < -0.4 is 10.2 Å². The van der Waals surface area contributed by atoms with Gasteiger partial charge in [-0.15, -0.1) is 0 Å². The van der Waals surface area contributed by atoms with Crippen molar-refractivity contribution in [1.82, 2.24) is 14.8 Å². The number of hydrogen-bond acceptors (Lipinski definition) is 3. The summed E-state index contributed by atoms with van der Waals surface area (Å²) in [6.07, 6.45) is 2.08. The van der Waals surface area contributed by atoms with E-state index in [0.717, 1.165) is 32.1 Å². The van der Waals surface area contributed by atoms with E-state index >= 15 is 0 Å². The first kappa shape index (κ1) is 19.7. The van der Waals surface area contributed by atoms with Gasteiger partial charge in [0.15, 0.2) is 5.96 Å². The van der Waals surface area contributed by atoms with Crippen molar-refractivity contribution in [3.63, 3.8) is 0 Å². The molecule has 1 N–H and O–H groups in total. The summed E-state index contributed by atoms with van der Waals surface area (Å²) in [4.78, 5) is 9.49. The van der Waals surface area contributed by atoms with Crippen molar-refractivity contribution in [2.75, 3.05) is 43.1 Å². The second kappa shape index (κ2) is 9.74. The average Bonchev–Trinajstić information content (AvgIpc) is 3.10. The second-order valence-corrected chi connectivity index (χ2v) is 8.13. The SMILES string of the molecule is CCNC(=NCc1ccc(N2CCSCC2)cc1)N(C)Cc1cccn1C. The molecule has 1 aliphatic heterocycles. The lowest BCUT2D eigenvalue weighted by Gasteiger charge is -2.28. The van der Waals surface area contributed by atoms with E-state index in [0.29, 0.717) is 6.54 Å². The van der Waals surface area contributed by atoms with Crippen LogP contribution in [0.1, 0.15) is 18.2 Å². The van der Waals surface area contributed by atoms with Crippen molar-refractivity contribution in [3.8, 4) is 0 Å². The van der Waals surface area contributed by atoms with Crippen molar-refractivity contribution in [2.45, 2.75) is 20.0 Å². The molecule has 3 rings (SSSR count). The minimum absolute atomic E-state index is 0.690. The third-order valence-corrected chi connectivity index (χ3v) is 5.81. The minimum atomic E-state index is 0.690. The Balaban J connectivity index is 1.62. The number of benzene rings is 1. The maximum absolute atomic E-state index is 4.84. The molecule has 146 valence electrons. The number of anilines is 1. The third kappa shape index (κ3) is 5.45. The van der Waals surface area contributed by atoms with Gasteiger partial charge in [-0.05, 0) is 36.8 Å². The minimum Gasteiger partial charge on any atom is -0.370 e. The number of thioether (sulfide) groups is 1. The van der Waals surface area contributed by atoms with Gasteiger partial charge in [0, 0.05) is 62.8 Å². The number of nitrogens with zero attached hydrogens (tertiary/aromatic N) is 4. The monoisotopic (exact) mass is 385 g/mol. The molecule has 1 aromatic carbocycles. The van der Waals surface area contributed by atoms with Gasteiger partial charge in [0.25, 0.3) is 0 Å². The summed E-state index contributed by atoms with van der Waals surface area (Å²) >= 11 is 2.04. The van der Waals surface area contributed by atoms with E-state index in [1.54, 1.807) is 0 Å². The van der Waals surface area contributed by atoms with Crippen molar-refractivity contribution in [2.24, 2.45) is 12.0 Å². The lowest BCUT2D eigenvalue weighted by atomic mass is 10.2. The molecule has 0 bridgehead atoms. The van der Waals surface area contributed by atoms with E-state index in [1.807, 2.05) is 11.8 Å². The number of rotatable bonds is 6. The molecule has 0 spiro atoms. The number of aryl methyl sites for hydroxylation is 1. The fraction of sp³-hybridized carbons (Fsp3) is 0.476. The standard InChI is InChI=1S/C21H31N5S/c1-4-22-21(25(3)17-20-6-5-11-24(20)2)23-16-18-7-9-19(10-8-18)26-12-14-27-15-13-26/h5-11H,4,12-17H2,1-3H3,(H,22,23). The van der Waals surface area contributed by atoms with Gasteiger partial charge < -0.3 is 19.7 Å². The fourth-order valence-electron chi connectivity index (χ4n) is 3.25. The van der Waals surface area contributed by atoms with Gasteiger partial charge in [0.2, 0.25) is 0 Å². The molecule has 1 fully saturated rings. The third-order valence-electron chi connectivity index (χ3n) is 4.87. The Hall–Kier alpha value is -2.08. The van der Waals surface area contributed by atoms with Crippen LogP contribution in [0.25, 0.3) is 0 Å². The molecule has 0 saturated carbocycles. The molecule has 2 aromatic rings. The Labute approximate surface area is 167 Å². The summed E-state index contributed by atoms with van der Waals surface area (Å²) in [7, 11) is 4.17. The Morgan fingerprint density at radius 2 is 1.93 bits per heavy atom. The molecule has 2 heterocycles. The molecule has 27 heavy (non-hydrogen) atoms. The highest BCUT2D eigenvalue weighted by atomic mass is 32.2. The molecule has 0 atom stereocenters. The van der Waals surface area contributed by atoms with Crippen LogP contribution >= 0.6 is 11.8 Å². The van der Waals surface area contributed by atoms with Gasteiger partial charge >= 0.3 is 0 Å². The van der Waals surface area contributed by atoms with Crippen LogP contribution in [0.15, 0.2) is 47.6 Å². The summed E-state index contributed by atoms with van der Waals surface area (Å²) in [5.74, 6) is 3.40. The highest BCUT2D eigenvalue weighted by Gasteiger charge is 2.11. The zero-order valence-corrected chi connectivity index (χ0v) is 17.5. The molecule has 0 aliphatic carbocycles. The van der Waals surface area contributed by atoms with Crippen molar-refractivity contribution < 1.29 is 0 Å². The van der Waals surface area contributed by atoms with Gasteiger partial charge in [-0.2, -0.15) is 11.8 Å². The first-order chi connectivity index (χ1) is 13.2. The van der Waals surface area contributed by atoms with Crippen molar-refractivity contribution in [3.05, 3.63) is 53.9 Å². The molecule has 0 amide bonds. The predicted octanol–water partition coefficient (Wildman–Crippen LogP) is 3.18. The summed E-state index contributed by atoms with van der Waals surface area (Å²) in [6.45, 7) is 6.80. The summed E-state index contributed by atoms with van der Waals surface area (Å²) in [5.41, 5.74) is 3.84. The molecule has 6 heteroatoms. The van der Waals surface area contributed by atoms with Gasteiger partial charge in [0.05, 0.1) is 13.1 Å². The largest absolute Gasteiger partial charge is 0.370 e. The Bertz CT molecular complexity index is 731. The fourth-order valence-corrected chi connectivity index (χ4v) is 4.15. The highest BCUT2D eigenvalue weighted by Crippen LogP contribution is 2.20. The average molecular weight is 386 g/mol. The number of nitrogens with one attached hydrogen (secondary N) is 1. The van der Waals surface area contributed by atoms with Crippen molar-refractivity contribution >= 4 is 23.4 Å². The zero-order valence-electron chi connectivity index (χ0n) is 16.7. The predicted molar refractivity (Wildman–Crippen MR) is 118 cm³/mol. The number of aliphatic imine (C=N–C) groups is 1. The van der Waals surface area contributed by atoms with Crippen LogP contribution in [0.4, 0.5) is 5.69 Å². The number of aromatic nitrogens is 1. The molecule has 5 nitrogen and oxygen atoms in total. The quantitative estimate of drug-likeness (QED) is 0.612. The molecular weight excluding hydrogens is 354 g/mol. The van der Waals surface area contributed by atoms with Gasteiger partial charge in [-0.25, -0.2) is 4.99 Å². The van der Waals surface area contributed by atoms with Crippen LogP contribution in [0.3, 0.4) is 0 Å². The maximum atomic E-state index is 4.84. The van der Waals surface area contributed by atoms with Crippen LogP contribution in [0.5, 0.6) is 0 Å². The Morgan fingerprint density at radius 1 is 1.19 bits per heavy atom. The Morgan fingerprint density at radius 3 is 2.56 bits per heavy atom. The van der Waals surface area contributed by atoms with Crippen LogP contribution in [-0.2, 0) is 20.1 Å². The highest BCUT2D eigenvalue weighted by molar-refractivity contribution is 7.99. The summed E-state index contributed by atoms with van der Waals surface area (Å²) in [5, 5.41) is 3.40. The van der Waals surface area contributed by atoms with E-state index in [9.17, 15) is 0 Å². The second-order valence-electron chi connectivity index (χ2n) is 6.90. The van der Waals surface area contributed by atoms with E-state index in [1.165, 1.54) is 28.5 Å². The van der Waals surface area contributed by atoms with Crippen molar-refractivity contribution in [1.29, 1.82) is 0 Å². The van der Waals surface area contributed by atoms with Gasteiger partial charge in [0.1, 0.15) is 0 Å². The maximum Gasteiger partial charge on any atom is 0.194 e. The molecule has 1 aliphatic rings. The zero-order chi connectivity index (χ0) is 19.1. The molecular formula is C21H31N5S. The molecule has 0 unspecified atom stereocenters. The summed E-state index contributed by atoms with van der Waals surface area (Å²) < 4.78 is 2.15. The molecule has 1 aromatic heterocycles. The Kier molecular flexibility index (Phi) is 7.10. The van der Waals surface area contributed by atoms with E-state index in [4.69, 9.17) is 4.99 Å². The van der Waals surface area contributed by atoms with Crippen LogP contribution in [0.2, 0.25) is 0 Å². The lowest BCUT2D eigenvalue weighted by molar-refractivity contribution is 0.462. The van der Waals surface area contributed by atoms with Gasteiger partial charge in [-0.1, -0.05) is 12.1 Å². The van der Waals surface area contributed by atoms with Gasteiger partial charge in [-0.3, -0.25) is 0 Å². The normalized spacial score (nSPS) is 15.1. The topological polar surface area (TPSA) is 35.8 Å². The molecule has 0 radical (unpaired) electrons. The first-order valence-electron chi connectivity index (χ1n) is 9.68. The van der Waals surface area contributed by atoms with E-state index in [2.05, 4.69) is 83.3 Å². The first-order valence-corrected chi connectivity index (χ1v) is 10.8. The summed E-state index contributed by atoms with van der Waals surface area (Å²) in [6, 6.07) is 13.1. The lowest BCUT2D eigenvalue weighted by Crippen LogP contribution is -2.38. The van der Waals surface area contributed by atoms with E-state index < -0.39 is 0 Å². The number of guanidine groups is 1. The van der Waals surface area contributed by atoms with Crippen LogP contribution in [-0.4, -0.2) is 53.6 Å². The number of hydrogen-bond donors (Lipinski definition) is 1. The van der Waals surface area contributed by atoms with Crippen LogP contribution in [0, 0.1) is 0 Å².